The third-order valence-corrected chi connectivity index (χ3v) is 1.72. The topological polar surface area (TPSA) is 52.3 Å². The van der Waals surface area contributed by atoms with Crippen molar-refractivity contribution in [1.82, 2.24) is 0 Å². The van der Waals surface area contributed by atoms with Gasteiger partial charge >= 0.3 is 5.97 Å². The lowest BCUT2D eigenvalue weighted by atomic mass is 10.1. The maximum atomic E-state index is 11.0. The first-order chi connectivity index (χ1) is 5.29. The minimum Gasteiger partial charge on any atom is -0.439 e. The van der Waals surface area contributed by atoms with Gasteiger partial charge in [0, 0.05) is 5.56 Å². The van der Waals surface area contributed by atoms with Gasteiger partial charge in [-0.15, -0.1) is 0 Å². The summed E-state index contributed by atoms with van der Waals surface area (Å²) < 4.78 is 4.77. The monoisotopic (exact) mass is 149 g/mol. The molecule has 0 spiro atoms. The van der Waals surface area contributed by atoms with Crippen LogP contribution >= 0.6 is 0 Å². The average molecular weight is 149 g/mol. The molecule has 2 N–H and O–H groups in total. The van der Waals surface area contributed by atoms with Crippen molar-refractivity contribution in [1.29, 1.82) is 0 Å². The van der Waals surface area contributed by atoms with Crippen LogP contribution < -0.4 is 5.73 Å². The molecule has 11 heavy (non-hydrogen) atoms. The van der Waals surface area contributed by atoms with Crippen LogP contribution in [0.2, 0.25) is 0 Å². The highest BCUT2D eigenvalue weighted by molar-refractivity contribution is 5.93. The van der Waals surface area contributed by atoms with Gasteiger partial charge in [0.25, 0.3) is 0 Å². The van der Waals surface area contributed by atoms with Crippen molar-refractivity contribution in [3.63, 3.8) is 0 Å². The summed E-state index contributed by atoms with van der Waals surface area (Å²) in [7, 11) is 0. The number of hydrogen-bond acceptors (Lipinski definition) is 3. The van der Waals surface area contributed by atoms with Crippen LogP contribution in [0.15, 0.2) is 24.3 Å². The van der Waals surface area contributed by atoms with E-state index >= 15 is 0 Å². The summed E-state index contributed by atoms with van der Waals surface area (Å²) in [5.41, 5.74) is 6.85. The zero-order valence-corrected chi connectivity index (χ0v) is 5.78. The molecule has 0 amide bonds. The quantitative estimate of drug-likeness (QED) is 0.555. The van der Waals surface area contributed by atoms with Gasteiger partial charge in [-0.1, -0.05) is 18.2 Å². The molecule has 0 aromatic heterocycles. The molecule has 1 atom stereocenters. The number of carbonyl (C=O) groups is 1. The summed E-state index contributed by atoms with van der Waals surface area (Å²) in [5.74, 6) is -0.326. The normalized spacial score (nSPS) is 21.2. The standard InChI is InChI=1S/C8H7NO2/c9-7-5-3-1-2-4-6(5)8(10)11-7/h1-4,7H,9H2/t7-/m0/s1. The number of benzene rings is 1. The summed E-state index contributed by atoms with van der Waals surface area (Å²) in [4.78, 5) is 11.0. The molecule has 56 valence electrons. The maximum absolute atomic E-state index is 11.0. The van der Waals surface area contributed by atoms with E-state index in [1.54, 1.807) is 18.2 Å². The fraction of sp³-hybridized carbons (Fsp3) is 0.125. The number of esters is 1. The Labute approximate surface area is 63.8 Å². The van der Waals surface area contributed by atoms with Crippen molar-refractivity contribution in [2.75, 3.05) is 0 Å². The molecule has 0 bridgehead atoms. The van der Waals surface area contributed by atoms with E-state index in [-0.39, 0.29) is 5.97 Å². The second-order valence-corrected chi connectivity index (χ2v) is 2.41. The third kappa shape index (κ3) is 0.816. The molecule has 0 saturated heterocycles. The summed E-state index contributed by atoms with van der Waals surface area (Å²) >= 11 is 0. The number of rotatable bonds is 0. The molecule has 3 heteroatoms. The minimum atomic E-state index is -0.571. The minimum absolute atomic E-state index is 0.326. The SMILES string of the molecule is N[C@H]1OC(=O)c2ccccc21. The number of ether oxygens (including phenoxy) is 1. The van der Waals surface area contributed by atoms with Gasteiger partial charge in [0.2, 0.25) is 0 Å². The molecular weight excluding hydrogens is 142 g/mol. The molecule has 0 radical (unpaired) electrons. The Morgan fingerprint density at radius 1 is 1.36 bits per heavy atom. The van der Waals surface area contributed by atoms with Crippen LogP contribution in [0.5, 0.6) is 0 Å². The largest absolute Gasteiger partial charge is 0.439 e. The number of carbonyl (C=O) groups excluding carboxylic acids is 1. The fourth-order valence-electron chi connectivity index (χ4n) is 1.17. The zero-order chi connectivity index (χ0) is 7.84. The molecule has 3 nitrogen and oxygen atoms in total. The first-order valence-corrected chi connectivity index (χ1v) is 3.34. The number of hydrogen-bond donors (Lipinski definition) is 1. The Hall–Kier alpha value is -1.35. The molecule has 1 aliphatic heterocycles. The van der Waals surface area contributed by atoms with Crippen LogP contribution in [0.4, 0.5) is 0 Å². The Kier molecular flexibility index (Phi) is 1.20. The van der Waals surface area contributed by atoms with Crippen molar-refractivity contribution >= 4 is 5.97 Å². The van der Waals surface area contributed by atoms with Gasteiger partial charge in [-0.05, 0) is 6.07 Å². The Morgan fingerprint density at radius 3 is 2.82 bits per heavy atom. The van der Waals surface area contributed by atoms with Crippen LogP contribution in [0, 0.1) is 0 Å². The molecule has 0 saturated carbocycles. The highest BCUT2D eigenvalue weighted by atomic mass is 16.6. The van der Waals surface area contributed by atoms with E-state index in [0.29, 0.717) is 5.56 Å². The fourth-order valence-corrected chi connectivity index (χ4v) is 1.17. The van der Waals surface area contributed by atoms with E-state index in [9.17, 15) is 4.79 Å². The van der Waals surface area contributed by atoms with Gasteiger partial charge in [-0.3, -0.25) is 5.73 Å². The van der Waals surface area contributed by atoms with Gasteiger partial charge in [0.15, 0.2) is 6.23 Å². The molecule has 2 rings (SSSR count). The number of nitrogens with two attached hydrogens (primary N) is 1. The van der Waals surface area contributed by atoms with Crippen LogP contribution in [-0.4, -0.2) is 5.97 Å². The van der Waals surface area contributed by atoms with Crippen molar-refractivity contribution in [3.8, 4) is 0 Å². The van der Waals surface area contributed by atoms with E-state index in [2.05, 4.69) is 0 Å². The van der Waals surface area contributed by atoms with Crippen LogP contribution in [0.3, 0.4) is 0 Å². The molecule has 0 aliphatic carbocycles. The lowest BCUT2D eigenvalue weighted by Crippen LogP contribution is -2.08. The van der Waals surface area contributed by atoms with Crippen LogP contribution in [0.1, 0.15) is 22.1 Å². The van der Waals surface area contributed by atoms with Crippen molar-refractivity contribution in [2.45, 2.75) is 6.23 Å². The van der Waals surface area contributed by atoms with Gasteiger partial charge in [0.05, 0.1) is 5.56 Å². The lowest BCUT2D eigenvalue weighted by Gasteiger charge is -2.00. The van der Waals surface area contributed by atoms with E-state index in [1.165, 1.54) is 0 Å². The molecule has 0 unspecified atom stereocenters. The predicted octanol–water partition coefficient (Wildman–Crippen LogP) is 0.814. The van der Waals surface area contributed by atoms with E-state index in [4.69, 9.17) is 10.5 Å². The molecule has 1 aromatic rings. The van der Waals surface area contributed by atoms with Crippen molar-refractivity contribution in [3.05, 3.63) is 35.4 Å². The summed E-state index contributed by atoms with van der Waals surface area (Å²) in [6.45, 7) is 0. The lowest BCUT2D eigenvalue weighted by molar-refractivity contribution is 0.0399. The van der Waals surface area contributed by atoms with E-state index in [0.717, 1.165) is 5.56 Å². The first-order valence-electron chi connectivity index (χ1n) is 3.34. The van der Waals surface area contributed by atoms with Crippen molar-refractivity contribution < 1.29 is 9.53 Å². The van der Waals surface area contributed by atoms with Gasteiger partial charge in [-0.2, -0.15) is 0 Å². The van der Waals surface area contributed by atoms with E-state index in [1.807, 2.05) is 6.07 Å². The van der Waals surface area contributed by atoms with Gasteiger partial charge in [-0.25, -0.2) is 4.79 Å². The molecule has 1 aliphatic rings. The second kappa shape index (κ2) is 2.07. The number of cyclic esters (lactones) is 1. The van der Waals surface area contributed by atoms with Gasteiger partial charge in [0.1, 0.15) is 0 Å². The Balaban J connectivity index is 2.60. The maximum Gasteiger partial charge on any atom is 0.340 e. The average Bonchev–Trinajstić information content (AvgIpc) is 2.30. The molecule has 1 aromatic carbocycles. The van der Waals surface area contributed by atoms with E-state index < -0.39 is 6.23 Å². The predicted molar refractivity (Wildman–Crippen MR) is 38.8 cm³/mol. The van der Waals surface area contributed by atoms with Crippen LogP contribution in [0.25, 0.3) is 0 Å². The second-order valence-electron chi connectivity index (χ2n) is 2.41. The number of fused-ring (bicyclic) bond motifs is 1. The highest BCUT2D eigenvalue weighted by Gasteiger charge is 2.26. The highest BCUT2D eigenvalue weighted by Crippen LogP contribution is 2.25. The summed E-state index contributed by atoms with van der Waals surface area (Å²) in [6.07, 6.45) is -0.571. The molecular formula is C8H7NO2. The third-order valence-electron chi connectivity index (χ3n) is 1.72. The summed E-state index contributed by atoms with van der Waals surface area (Å²) in [6, 6.07) is 7.13. The van der Waals surface area contributed by atoms with Crippen molar-refractivity contribution in [2.24, 2.45) is 5.73 Å². The first kappa shape index (κ1) is 6.37. The Morgan fingerprint density at radius 2 is 2.09 bits per heavy atom. The van der Waals surface area contributed by atoms with Crippen LogP contribution in [-0.2, 0) is 4.74 Å². The summed E-state index contributed by atoms with van der Waals surface area (Å²) in [5, 5.41) is 0. The molecule has 0 fully saturated rings. The smallest absolute Gasteiger partial charge is 0.340 e. The molecule has 1 heterocycles. The zero-order valence-electron chi connectivity index (χ0n) is 5.78. The van der Waals surface area contributed by atoms with Gasteiger partial charge < -0.3 is 4.74 Å². The Bertz CT molecular complexity index is 309.